The first-order chi connectivity index (χ1) is 9.24. The van der Waals surface area contributed by atoms with Gasteiger partial charge in [0.05, 0.1) is 5.69 Å². The third-order valence-corrected chi connectivity index (χ3v) is 4.33. The molecule has 1 aliphatic heterocycles. The number of benzene rings is 1. The van der Waals surface area contributed by atoms with E-state index in [0.29, 0.717) is 5.92 Å². The van der Waals surface area contributed by atoms with Gasteiger partial charge < -0.3 is 9.73 Å². The summed E-state index contributed by atoms with van der Waals surface area (Å²) in [7, 11) is 0. The molecule has 1 fully saturated rings. The molecule has 100 valence electrons. The summed E-state index contributed by atoms with van der Waals surface area (Å²) in [5.41, 5.74) is 2.11. The monoisotopic (exact) mass is 368 g/mol. The molecule has 1 aliphatic rings. The summed E-state index contributed by atoms with van der Waals surface area (Å²) in [6.45, 7) is 4.15. The summed E-state index contributed by atoms with van der Waals surface area (Å²) in [6, 6.07) is 8.40. The van der Waals surface area contributed by atoms with E-state index in [2.05, 4.69) is 57.2 Å². The maximum atomic E-state index is 6.04. The van der Waals surface area contributed by atoms with E-state index in [4.69, 9.17) is 4.42 Å². The van der Waals surface area contributed by atoms with Crippen LogP contribution >= 0.6 is 22.6 Å². The van der Waals surface area contributed by atoms with E-state index < -0.39 is 0 Å². The van der Waals surface area contributed by atoms with Crippen molar-refractivity contribution in [2.24, 2.45) is 0 Å². The van der Waals surface area contributed by atoms with Crippen LogP contribution in [0.15, 0.2) is 28.7 Å². The Morgan fingerprint density at radius 1 is 1.21 bits per heavy atom. The molecule has 1 aromatic carbocycles. The highest BCUT2D eigenvalue weighted by atomic mass is 127. The lowest BCUT2D eigenvalue weighted by molar-refractivity contribution is 0.378. The molecule has 0 bridgehead atoms. The van der Waals surface area contributed by atoms with Crippen LogP contribution < -0.4 is 5.32 Å². The van der Waals surface area contributed by atoms with Gasteiger partial charge in [-0.2, -0.15) is 0 Å². The van der Waals surface area contributed by atoms with Crippen LogP contribution in [0.2, 0.25) is 0 Å². The number of aryl methyl sites for hydroxylation is 1. The van der Waals surface area contributed by atoms with Crippen molar-refractivity contribution in [2.75, 3.05) is 13.1 Å². The first-order valence-corrected chi connectivity index (χ1v) is 7.76. The molecule has 0 unspecified atom stereocenters. The molecule has 4 heteroatoms. The van der Waals surface area contributed by atoms with Gasteiger partial charge >= 0.3 is 0 Å². The van der Waals surface area contributed by atoms with Crippen LogP contribution in [0, 0.1) is 10.5 Å². The Bertz CT molecular complexity index is 556. The first kappa shape index (κ1) is 13.1. The van der Waals surface area contributed by atoms with Gasteiger partial charge in [0.15, 0.2) is 11.7 Å². The van der Waals surface area contributed by atoms with Crippen molar-refractivity contribution in [2.45, 2.75) is 25.7 Å². The zero-order chi connectivity index (χ0) is 13.2. The number of piperidine rings is 1. The topological polar surface area (TPSA) is 38.1 Å². The highest BCUT2D eigenvalue weighted by Crippen LogP contribution is 2.31. The zero-order valence-corrected chi connectivity index (χ0v) is 13.1. The number of aromatic nitrogens is 1. The summed E-state index contributed by atoms with van der Waals surface area (Å²) >= 11 is 2.31. The Balaban J connectivity index is 1.90. The Morgan fingerprint density at radius 3 is 2.58 bits per heavy atom. The minimum absolute atomic E-state index is 0.470. The molecule has 0 spiro atoms. The van der Waals surface area contributed by atoms with Crippen molar-refractivity contribution in [1.29, 1.82) is 0 Å². The van der Waals surface area contributed by atoms with Gasteiger partial charge in [-0.25, -0.2) is 4.98 Å². The molecule has 0 amide bonds. The zero-order valence-electron chi connectivity index (χ0n) is 10.9. The Hall–Kier alpha value is -0.880. The highest BCUT2D eigenvalue weighted by Gasteiger charge is 2.22. The summed E-state index contributed by atoms with van der Waals surface area (Å²) in [5.74, 6) is 2.30. The van der Waals surface area contributed by atoms with E-state index in [1.807, 2.05) is 6.92 Å². The third-order valence-electron chi connectivity index (χ3n) is 3.61. The smallest absolute Gasteiger partial charge is 0.198 e. The number of oxazole rings is 1. The molecule has 0 atom stereocenters. The lowest BCUT2D eigenvalue weighted by Crippen LogP contribution is -2.26. The summed E-state index contributed by atoms with van der Waals surface area (Å²) in [6.07, 6.45) is 2.23. The quantitative estimate of drug-likeness (QED) is 0.822. The van der Waals surface area contributed by atoms with E-state index >= 15 is 0 Å². The third kappa shape index (κ3) is 2.84. The molecular formula is C15H17IN2O. The van der Waals surface area contributed by atoms with Gasteiger partial charge in [0, 0.05) is 15.1 Å². The van der Waals surface area contributed by atoms with Gasteiger partial charge in [-0.05, 0) is 67.6 Å². The van der Waals surface area contributed by atoms with Crippen LogP contribution in [0.4, 0.5) is 0 Å². The lowest BCUT2D eigenvalue weighted by Gasteiger charge is -2.19. The van der Waals surface area contributed by atoms with Crippen molar-refractivity contribution in [3.8, 4) is 11.3 Å². The second kappa shape index (κ2) is 5.63. The van der Waals surface area contributed by atoms with Crippen molar-refractivity contribution in [3.63, 3.8) is 0 Å². The fourth-order valence-corrected chi connectivity index (χ4v) is 2.89. The van der Waals surface area contributed by atoms with Gasteiger partial charge in [0.2, 0.25) is 0 Å². The minimum atomic E-state index is 0.470. The van der Waals surface area contributed by atoms with Crippen LogP contribution in [-0.2, 0) is 0 Å². The van der Waals surface area contributed by atoms with Crippen LogP contribution in [0.25, 0.3) is 11.3 Å². The molecule has 1 saturated heterocycles. The highest BCUT2D eigenvalue weighted by molar-refractivity contribution is 14.1. The van der Waals surface area contributed by atoms with Crippen LogP contribution in [0.5, 0.6) is 0 Å². The Kier molecular flexibility index (Phi) is 3.88. The van der Waals surface area contributed by atoms with Crippen molar-refractivity contribution < 1.29 is 4.42 Å². The standard InChI is InChI=1S/C15H17IN2O/c1-10-14(11-2-4-13(16)5-3-11)19-15(18-10)12-6-8-17-9-7-12/h2-5,12,17H,6-9H2,1H3. The lowest BCUT2D eigenvalue weighted by atomic mass is 9.98. The molecule has 19 heavy (non-hydrogen) atoms. The predicted octanol–water partition coefficient (Wildman–Crippen LogP) is 3.72. The van der Waals surface area contributed by atoms with Crippen LogP contribution in [0.3, 0.4) is 0 Å². The molecule has 0 aliphatic carbocycles. The SMILES string of the molecule is Cc1nc(C2CCNCC2)oc1-c1ccc(I)cc1. The van der Waals surface area contributed by atoms with Gasteiger partial charge in [-0.1, -0.05) is 12.1 Å². The normalized spacial score (nSPS) is 16.7. The van der Waals surface area contributed by atoms with Crippen LogP contribution in [0.1, 0.15) is 30.3 Å². The molecular weight excluding hydrogens is 351 g/mol. The number of nitrogens with zero attached hydrogens (tertiary/aromatic N) is 1. The molecule has 1 aromatic heterocycles. The predicted molar refractivity (Wildman–Crippen MR) is 84.2 cm³/mol. The van der Waals surface area contributed by atoms with E-state index in [9.17, 15) is 0 Å². The first-order valence-electron chi connectivity index (χ1n) is 6.68. The summed E-state index contributed by atoms with van der Waals surface area (Å²) in [4.78, 5) is 4.64. The van der Waals surface area contributed by atoms with Crippen molar-refractivity contribution in [3.05, 3.63) is 39.4 Å². The summed E-state index contributed by atoms with van der Waals surface area (Å²) in [5, 5.41) is 3.37. The maximum Gasteiger partial charge on any atom is 0.198 e. The number of nitrogens with one attached hydrogen (secondary N) is 1. The van der Waals surface area contributed by atoms with Crippen molar-refractivity contribution in [1.82, 2.24) is 10.3 Å². The van der Waals surface area contributed by atoms with E-state index in [0.717, 1.165) is 48.8 Å². The van der Waals surface area contributed by atoms with E-state index in [-0.39, 0.29) is 0 Å². The fraction of sp³-hybridized carbons (Fsp3) is 0.400. The number of halogens is 1. The Morgan fingerprint density at radius 2 is 1.89 bits per heavy atom. The van der Waals surface area contributed by atoms with Gasteiger partial charge in [-0.3, -0.25) is 0 Å². The minimum Gasteiger partial charge on any atom is -0.440 e. The van der Waals surface area contributed by atoms with Gasteiger partial charge in [-0.15, -0.1) is 0 Å². The fourth-order valence-electron chi connectivity index (χ4n) is 2.53. The molecule has 2 aromatic rings. The van der Waals surface area contributed by atoms with Gasteiger partial charge in [0.25, 0.3) is 0 Å². The second-order valence-corrected chi connectivity index (χ2v) is 6.24. The average molecular weight is 368 g/mol. The molecule has 0 radical (unpaired) electrons. The summed E-state index contributed by atoms with van der Waals surface area (Å²) < 4.78 is 7.27. The molecule has 3 nitrogen and oxygen atoms in total. The number of hydrogen-bond donors (Lipinski definition) is 1. The largest absolute Gasteiger partial charge is 0.440 e. The number of rotatable bonds is 2. The average Bonchev–Trinajstić information content (AvgIpc) is 2.83. The molecule has 1 N–H and O–H groups in total. The second-order valence-electron chi connectivity index (χ2n) is 5.00. The maximum absolute atomic E-state index is 6.04. The number of hydrogen-bond acceptors (Lipinski definition) is 3. The molecule has 0 saturated carbocycles. The van der Waals surface area contributed by atoms with Crippen LogP contribution in [-0.4, -0.2) is 18.1 Å². The van der Waals surface area contributed by atoms with Gasteiger partial charge in [0.1, 0.15) is 0 Å². The van der Waals surface area contributed by atoms with E-state index in [1.54, 1.807) is 0 Å². The van der Waals surface area contributed by atoms with Crippen molar-refractivity contribution >= 4 is 22.6 Å². The molecule has 2 heterocycles. The Labute approximate surface area is 126 Å². The van der Waals surface area contributed by atoms with E-state index in [1.165, 1.54) is 3.57 Å². The molecule has 3 rings (SSSR count).